The first-order valence-electron chi connectivity index (χ1n) is 12.2. The zero-order valence-corrected chi connectivity index (χ0v) is 19.9. The molecule has 2 amide bonds. The molecule has 1 aliphatic heterocycles. The molecule has 1 heterocycles. The smallest absolute Gasteiger partial charge is 0.407 e. The summed E-state index contributed by atoms with van der Waals surface area (Å²) in [7, 11) is 0. The first kappa shape index (κ1) is 24.5. The predicted molar refractivity (Wildman–Crippen MR) is 133 cm³/mol. The second-order valence-corrected chi connectivity index (χ2v) is 9.39. The largest absolute Gasteiger partial charge is 0.481 e. The van der Waals surface area contributed by atoms with Crippen LogP contribution >= 0.6 is 0 Å². The molecule has 2 aromatic carbocycles. The van der Waals surface area contributed by atoms with Gasteiger partial charge in [0.05, 0.1) is 0 Å². The number of benzene rings is 2. The van der Waals surface area contributed by atoms with Gasteiger partial charge in [-0.15, -0.1) is 6.58 Å². The van der Waals surface area contributed by atoms with Crippen LogP contribution in [0.3, 0.4) is 0 Å². The van der Waals surface area contributed by atoms with E-state index in [0.717, 1.165) is 12.8 Å². The number of carboxylic acids is 1. The number of hydrogen-bond acceptors (Lipinski definition) is 4. The lowest BCUT2D eigenvalue weighted by Gasteiger charge is -2.46. The van der Waals surface area contributed by atoms with Gasteiger partial charge in [-0.3, -0.25) is 9.59 Å². The molecule has 2 aromatic rings. The third-order valence-electron chi connectivity index (χ3n) is 7.01. The number of ether oxygens (including phenoxy) is 1. The average molecular weight is 477 g/mol. The number of rotatable bonds is 11. The van der Waals surface area contributed by atoms with Crippen molar-refractivity contribution in [1.29, 1.82) is 0 Å². The topological polar surface area (TPSA) is 95.9 Å². The highest BCUT2D eigenvalue weighted by molar-refractivity contribution is 5.83. The number of allylic oxidation sites excluding steroid dienone is 1. The van der Waals surface area contributed by atoms with Crippen molar-refractivity contribution in [3.05, 3.63) is 72.3 Å². The van der Waals surface area contributed by atoms with Crippen LogP contribution in [-0.2, 0) is 14.3 Å². The van der Waals surface area contributed by atoms with Gasteiger partial charge in [-0.05, 0) is 41.5 Å². The van der Waals surface area contributed by atoms with Crippen LogP contribution in [0.4, 0.5) is 4.79 Å². The highest BCUT2D eigenvalue weighted by atomic mass is 16.5. The van der Waals surface area contributed by atoms with E-state index in [1.54, 1.807) is 11.0 Å². The molecular weight excluding hydrogens is 444 g/mol. The number of unbranched alkanes of at least 4 members (excludes halogenated alkanes) is 2. The zero-order chi connectivity index (χ0) is 24.8. The minimum Gasteiger partial charge on any atom is -0.481 e. The minimum absolute atomic E-state index is 0.0181. The van der Waals surface area contributed by atoms with Crippen molar-refractivity contribution < 1.29 is 24.2 Å². The van der Waals surface area contributed by atoms with Gasteiger partial charge >= 0.3 is 12.1 Å². The van der Waals surface area contributed by atoms with E-state index in [9.17, 15) is 19.5 Å². The van der Waals surface area contributed by atoms with Gasteiger partial charge in [0.15, 0.2) is 0 Å². The molecule has 0 bridgehead atoms. The number of nitrogens with zero attached hydrogens (tertiary/aromatic N) is 1. The second-order valence-electron chi connectivity index (χ2n) is 9.39. The maximum Gasteiger partial charge on any atom is 0.407 e. The van der Waals surface area contributed by atoms with Crippen LogP contribution in [0.5, 0.6) is 0 Å². The monoisotopic (exact) mass is 476 g/mol. The van der Waals surface area contributed by atoms with E-state index in [2.05, 4.69) is 36.2 Å². The Kier molecular flexibility index (Phi) is 7.54. The Morgan fingerprint density at radius 2 is 1.66 bits per heavy atom. The summed E-state index contributed by atoms with van der Waals surface area (Å²) < 4.78 is 5.53. The number of aliphatic carboxylic acids is 1. The van der Waals surface area contributed by atoms with E-state index in [1.807, 2.05) is 24.3 Å². The van der Waals surface area contributed by atoms with Crippen LogP contribution in [0.2, 0.25) is 0 Å². The molecule has 0 aromatic heterocycles. The summed E-state index contributed by atoms with van der Waals surface area (Å²) in [5.41, 5.74) is 3.88. The lowest BCUT2D eigenvalue weighted by atomic mass is 9.76. The number of hydrogen-bond donors (Lipinski definition) is 2. The Morgan fingerprint density at radius 1 is 1.03 bits per heavy atom. The number of carbonyl (C=O) groups is 3. The number of fused-ring (bicyclic) bond motifs is 3. The fourth-order valence-electron chi connectivity index (χ4n) is 5.06. The summed E-state index contributed by atoms with van der Waals surface area (Å²) in [5.74, 6) is -0.858. The molecule has 7 heteroatoms. The normalized spacial score (nSPS) is 15.5. The molecule has 184 valence electrons. The maximum atomic E-state index is 12.3. The van der Waals surface area contributed by atoms with Crippen molar-refractivity contribution in [2.24, 2.45) is 5.41 Å². The summed E-state index contributed by atoms with van der Waals surface area (Å²) in [6.45, 7) is 4.88. The maximum absolute atomic E-state index is 12.3. The van der Waals surface area contributed by atoms with E-state index in [0.29, 0.717) is 25.8 Å². The summed E-state index contributed by atoms with van der Waals surface area (Å²) in [6, 6.07) is 16.4. The molecule has 0 atom stereocenters. The van der Waals surface area contributed by atoms with Gasteiger partial charge in [-0.2, -0.15) is 0 Å². The van der Waals surface area contributed by atoms with Gasteiger partial charge in [-0.1, -0.05) is 61.0 Å². The van der Waals surface area contributed by atoms with Crippen molar-refractivity contribution in [2.45, 2.75) is 38.0 Å². The van der Waals surface area contributed by atoms with Gasteiger partial charge < -0.3 is 20.1 Å². The van der Waals surface area contributed by atoms with E-state index >= 15 is 0 Å². The van der Waals surface area contributed by atoms with Crippen LogP contribution in [-0.4, -0.2) is 54.2 Å². The summed E-state index contributed by atoms with van der Waals surface area (Å²) in [5, 5.41) is 12.2. The van der Waals surface area contributed by atoms with Crippen molar-refractivity contribution in [3.8, 4) is 11.1 Å². The Labute approximate surface area is 205 Å². The molecule has 0 radical (unpaired) electrons. The predicted octanol–water partition coefficient (Wildman–Crippen LogP) is 4.57. The Balaban J connectivity index is 1.12. The third-order valence-corrected chi connectivity index (χ3v) is 7.01. The quantitative estimate of drug-likeness (QED) is 0.366. The molecule has 2 aliphatic rings. The SMILES string of the molecule is C=CCC1(C(=O)O)CN(C(=O)CCCCCNC(=O)OCC2c3ccccc3-c3ccccc32)C1. The van der Waals surface area contributed by atoms with Gasteiger partial charge in [0.2, 0.25) is 5.91 Å². The molecule has 1 saturated heterocycles. The number of likely N-dealkylation sites (tertiary alicyclic amines) is 1. The van der Waals surface area contributed by atoms with Crippen LogP contribution in [0.25, 0.3) is 11.1 Å². The number of amides is 2. The van der Waals surface area contributed by atoms with Crippen molar-refractivity contribution in [1.82, 2.24) is 10.2 Å². The number of nitrogens with one attached hydrogen (secondary N) is 1. The standard InChI is InChI=1S/C28H32N2O5/c1-2-15-28(26(32)33)18-30(19-28)25(31)14-4-3-9-16-29-27(34)35-17-24-22-12-7-5-10-20(22)21-11-6-8-13-23(21)24/h2,5-8,10-13,24H,1,3-4,9,14-19H2,(H,29,34)(H,32,33). The van der Waals surface area contributed by atoms with Crippen LogP contribution in [0.1, 0.15) is 49.1 Å². The fourth-order valence-corrected chi connectivity index (χ4v) is 5.06. The molecule has 7 nitrogen and oxygen atoms in total. The second kappa shape index (κ2) is 10.8. The first-order chi connectivity index (χ1) is 16.9. The minimum atomic E-state index is -0.874. The van der Waals surface area contributed by atoms with Crippen molar-refractivity contribution in [3.63, 3.8) is 0 Å². The summed E-state index contributed by atoms with van der Waals surface area (Å²) in [4.78, 5) is 37.6. The number of carbonyl (C=O) groups excluding carboxylic acids is 2. The average Bonchev–Trinajstić information content (AvgIpc) is 3.15. The van der Waals surface area contributed by atoms with Crippen LogP contribution in [0.15, 0.2) is 61.2 Å². The molecular formula is C28H32N2O5. The van der Waals surface area contributed by atoms with Crippen LogP contribution < -0.4 is 5.32 Å². The number of alkyl carbamates (subject to hydrolysis) is 1. The molecule has 35 heavy (non-hydrogen) atoms. The van der Waals surface area contributed by atoms with E-state index in [-0.39, 0.29) is 31.5 Å². The Morgan fingerprint density at radius 3 is 2.26 bits per heavy atom. The van der Waals surface area contributed by atoms with Gasteiger partial charge in [0.1, 0.15) is 12.0 Å². The zero-order valence-electron chi connectivity index (χ0n) is 19.9. The highest BCUT2D eigenvalue weighted by Gasteiger charge is 2.50. The molecule has 0 unspecified atom stereocenters. The van der Waals surface area contributed by atoms with Gasteiger partial charge in [0.25, 0.3) is 0 Å². The fraction of sp³-hybridized carbons (Fsp3) is 0.393. The number of carboxylic acid groups (broad SMARTS) is 1. The van der Waals surface area contributed by atoms with Gasteiger partial charge in [0, 0.05) is 32.0 Å². The third kappa shape index (κ3) is 5.24. The molecule has 1 fully saturated rings. The van der Waals surface area contributed by atoms with E-state index in [4.69, 9.17) is 4.74 Å². The van der Waals surface area contributed by atoms with Crippen molar-refractivity contribution in [2.75, 3.05) is 26.2 Å². The summed E-state index contributed by atoms with van der Waals surface area (Å²) >= 11 is 0. The Hall–Kier alpha value is -3.61. The molecule has 1 aliphatic carbocycles. The first-order valence-corrected chi connectivity index (χ1v) is 12.2. The Bertz CT molecular complexity index is 1060. The van der Waals surface area contributed by atoms with Gasteiger partial charge in [-0.25, -0.2) is 4.79 Å². The molecule has 0 saturated carbocycles. The summed E-state index contributed by atoms with van der Waals surface area (Å²) in [6.07, 6.45) is 4.15. The molecule has 0 spiro atoms. The highest BCUT2D eigenvalue weighted by Crippen LogP contribution is 2.44. The lowest BCUT2D eigenvalue weighted by molar-refractivity contribution is -0.165. The molecule has 4 rings (SSSR count). The van der Waals surface area contributed by atoms with Crippen molar-refractivity contribution >= 4 is 18.0 Å². The van der Waals surface area contributed by atoms with E-state index in [1.165, 1.54) is 22.3 Å². The molecule has 2 N–H and O–H groups in total. The van der Waals surface area contributed by atoms with E-state index < -0.39 is 17.5 Å². The lowest BCUT2D eigenvalue weighted by Crippen LogP contribution is -2.61. The van der Waals surface area contributed by atoms with Crippen LogP contribution in [0, 0.1) is 5.41 Å².